The van der Waals surface area contributed by atoms with Gasteiger partial charge in [0.15, 0.2) is 6.04 Å². The van der Waals surface area contributed by atoms with Crippen molar-refractivity contribution < 1.29 is 4.90 Å². The maximum absolute atomic E-state index is 4.59. The molecule has 1 heterocycles. The molecule has 5 nitrogen and oxygen atoms in total. The molecule has 1 N–H and O–H groups in total. The topological polar surface area (TPSA) is 48.0 Å². The van der Waals surface area contributed by atoms with Gasteiger partial charge in [-0.1, -0.05) is 55.5 Å². The van der Waals surface area contributed by atoms with Crippen LogP contribution in [0.15, 0.2) is 24.3 Å². The zero-order valence-electron chi connectivity index (χ0n) is 16.9. The highest BCUT2D eigenvalue weighted by Crippen LogP contribution is 2.30. The van der Waals surface area contributed by atoms with E-state index in [0.717, 1.165) is 5.82 Å². The van der Waals surface area contributed by atoms with E-state index in [9.17, 15) is 0 Å². The molecule has 1 aromatic heterocycles. The zero-order chi connectivity index (χ0) is 18.6. The molecular weight excluding hydrogens is 334 g/mol. The van der Waals surface area contributed by atoms with Gasteiger partial charge in [-0.15, -0.1) is 5.10 Å². The van der Waals surface area contributed by atoms with Crippen LogP contribution in [0, 0.1) is 6.92 Å². The van der Waals surface area contributed by atoms with Gasteiger partial charge in [0.1, 0.15) is 0 Å². The highest BCUT2D eigenvalue weighted by Gasteiger charge is 2.36. The van der Waals surface area contributed by atoms with Crippen LogP contribution in [0.4, 0.5) is 0 Å². The molecule has 1 aromatic carbocycles. The van der Waals surface area contributed by atoms with Crippen molar-refractivity contribution in [1.82, 2.24) is 20.2 Å². The van der Waals surface area contributed by atoms with E-state index in [4.69, 9.17) is 0 Å². The molecular formula is C22H34N5+. The predicted octanol–water partition coefficient (Wildman–Crippen LogP) is 3.42. The molecule has 4 rings (SSSR count). The first-order chi connectivity index (χ1) is 13.2. The van der Waals surface area contributed by atoms with Crippen LogP contribution in [0.2, 0.25) is 0 Å². The SMILES string of the molecule is Cc1ccc([C@@H](c2nnnn2C2CCCCC2)[NH+](C)C2CCCCC2)cc1. The van der Waals surface area contributed by atoms with Gasteiger partial charge >= 0.3 is 0 Å². The molecule has 2 aliphatic rings. The summed E-state index contributed by atoms with van der Waals surface area (Å²) in [7, 11) is 2.36. The summed E-state index contributed by atoms with van der Waals surface area (Å²) in [5.74, 6) is 1.06. The van der Waals surface area contributed by atoms with E-state index in [1.165, 1.54) is 75.3 Å². The van der Waals surface area contributed by atoms with Crippen LogP contribution in [0.1, 0.15) is 93.2 Å². The van der Waals surface area contributed by atoms with Gasteiger partial charge in [-0.05, 0) is 55.9 Å². The standard InChI is InChI=1S/C22H33N5/c1-17-13-15-18(16-14-17)21(26(2)19-9-5-3-6-10-19)22-23-24-25-27(22)20-11-7-4-8-12-20/h13-16,19-21H,3-12H2,1-2H3/p+1/t21-/m0/s1. The van der Waals surface area contributed by atoms with Crippen LogP contribution in [-0.4, -0.2) is 33.3 Å². The minimum atomic E-state index is 0.214. The summed E-state index contributed by atoms with van der Waals surface area (Å²) >= 11 is 0. The zero-order valence-corrected chi connectivity index (χ0v) is 16.9. The number of benzene rings is 1. The van der Waals surface area contributed by atoms with E-state index in [1.807, 2.05) is 0 Å². The van der Waals surface area contributed by atoms with Crippen molar-refractivity contribution in [3.63, 3.8) is 0 Å². The van der Waals surface area contributed by atoms with Crippen molar-refractivity contribution in [2.75, 3.05) is 7.05 Å². The first-order valence-electron chi connectivity index (χ1n) is 10.9. The molecule has 0 spiro atoms. The Morgan fingerprint density at radius 2 is 1.56 bits per heavy atom. The number of quaternary nitrogens is 1. The lowest BCUT2D eigenvalue weighted by atomic mass is 9.91. The lowest BCUT2D eigenvalue weighted by Crippen LogP contribution is -3.13. The Kier molecular flexibility index (Phi) is 5.86. The molecule has 2 aliphatic carbocycles. The van der Waals surface area contributed by atoms with Crippen molar-refractivity contribution in [3.8, 4) is 0 Å². The second-order valence-electron chi connectivity index (χ2n) is 8.70. The predicted molar refractivity (Wildman–Crippen MR) is 107 cm³/mol. The normalized spacial score (nSPS) is 21.9. The summed E-state index contributed by atoms with van der Waals surface area (Å²) in [6, 6.07) is 10.4. The summed E-state index contributed by atoms with van der Waals surface area (Å²) in [5.41, 5.74) is 2.65. The Hall–Kier alpha value is -1.75. The van der Waals surface area contributed by atoms with Crippen molar-refractivity contribution >= 4 is 0 Å². The Labute approximate surface area is 163 Å². The number of rotatable bonds is 5. The Bertz CT molecular complexity index is 711. The first-order valence-corrected chi connectivity index (χ1v) is 10.9. The van der Waals surface area contributed by atoms with Gasteiger partial charge in [-0.2, -0.15) is 0 Å². The molecule has 0 bridgehead atoms. The monoisotopic (exact) mass is 368 g/mol. The molecule has 146 valence electrons. The average Bonchev–Trinajstić information content (AvgIpc) is 3.20. The molecule has 5 heteroatoms. The van der Waals surface area contributed by atoms with Crippen molar-refractivity contribution in [2.45, 2.75) is 89.3 Å². The lowest BCUT2D eigenvalue weighted by molar-refractivity contribution is -0.933. The summed E-state index contributed by atoms with van der Waals surface area (Å²) in [5, 5.41) is 13.2. The van der Waals surface area contributed by atoms with Gasteiger partial charge in [0.05, 0.1) is 19.1 Å². The number of hydrogen-bond donors (Lipinski definition) is 1. The number of nitrogens with zero attached hydrogens (tertiary/aromatic N) is 4. The molecule has 2 atom stereocenters. The highest BCUT2D eigenvalue weighted by molar-refractivity contribution is 5.26. The smallest absolute Gasteiger partial charge is 0.214 e. The van der Waals surface area contributed by atoms with Crippen LogP contribution >= 0.6 is 0 Å². The minimum absolute atomic E-state index is 0.214. The summed E-state index contributed by atoms with van der Waals surface area (Å²) < 4.78 is 2.18. The number of nitrogens with one attached hydrogen (secondary N) is 1. The third-order valence-corrected chi connectivity index (χ3v) is 6.81. The average molecular weight is 369 g/mol. The molecule has 0 saturated heterocycles. The van der Waals surface area contributed by atoms with Crippen LogP contribution in [0.25, 0.3) is 0 Å². The summed E-state index contributed by atoms with van der Waals surface area (Å²) in [6.07, 6.45) is 13.1. The van der Waals surface area contributed by atoms with Crippen LogP contribution in [0.3, 0.4) is 0 Å². The number of hydrogen-bond acceptors (Lipinski definition) is 3. The van der Waals surface area contributed by atoms with Gasteiger partial charge in [0, 0.05) is 5.56 Å². The van der Waals surface area contributed by atoms with Gasteiger partial charge in [-0.3, -0.25) is 0 Å². The summed E-state index contributed by atoms with van der Waals surface area (Å²) in [4.78, 5) is 1.56. The van der Waals surface area contributed by atoms with Crippen molar-refractivity contribution in [1.29, 1.82) is 0 Å². The first kappa shape index (κ1) is 18.6. The minimum Gasteiger partial charge on any atom is -0.322 e. The van der Waals surface area contributed by atoms with Crippen LogP contribution in [-0.2, 0) is 0 Å². The fourth-order valence-corrected chi connectivity index (χ4v) is 5.14. The van der Waals surface area contributed by atoms with E-state index in [1.54, 1.807) is 4.90 Å². The molecule has 2 fully saturated rings. The molecule has 0 aliphatic heterocycles. The van der Waals surface area contributed by atoms with Crippen molar-refractivity contribution in [3.05, 3.63) is 41.2 Å². The second kappa shape index (κ2) is 8.51. The maximum Gasteiger partial charge on any atom is 0.214 e. The molecule has 0 radical (unpaired) electrons. The lowest BCUT2D eigenvalue weighted by Gasteiger charge is -2.34. The van der Waals surface area contributed by atoms with Crippen molar-refractivity contribution in [2.24, 2.45) is 0 Å². The maximum atomic E-state index is 4.59. The Morgan fingerprint density at radius 3 is 2.22 bits per heavy atom. The Balaban J connectivity index is 1.69. The van der Waals surface area contributed by atoms with E-state index in [0.29, 0.717) is 12.1 Å². The third kappa shape index (κ3) is 4.08. The molecule has 27 heavy (non-hydrogen) atoms. The van der Waals surface area contributed by atoms with Gasteiger partial charge in [0.25, 0.3) is 0 Å². The quantitative estimate of drug-likeness (QED) is 0.880. The fourth-order valence-electron chi connectivity index (χ4n) is 5.14. The molecule has 2 saturated carbocycles. The number of aryl methyl sites for hydroxylation is 1. The number of tetrazole rings is 1. The van der Waals surface area contributed by atoms with E-state index in [2.05, 4.69) is 58.4 Å². The highest BCUT2D eigenvalue weighted by atomic mass is 15.6. The Morgan fingerprint density at radius 1 is 0.926 bits per heavy atom. The third-order valence-electron chi connectivity index (χ3n) is 6.81. The number of aromatic nitrogens is 4. The van der Waals surface area contributed by atoms with Crippen LogP contribution in [0.5, 0.6) is 0 Å². The largest absolute Gasteiger partial charge is 0.322 e. The molecule has 2 aromatic rings. The van der Waals surface area contributed by atoms with Gasteiger partial charge in [-0.25, -0.2) is 4.68 Å². The fraction of sp³-hybridized carbons (Fsp3) is 0.682. The van der Waals surface area contributed by atoms with E-state index >= 15 is 0 Å². The van der Waals surface area contributed by atoms with E-state index in [-0.39, 0.29) is 6.04 Å². The summed E-state index contributed by atoms with van der Waals surface area (Å²) in [6.45, 7) is 2.16. The van der Waals surface area contributed by atoms with Gasteiger partial charge in [0.2, 0.25) is 5.82 Å². The van der Waals surface area contributed by atoms with Crippen LogP contribution < -0.4 is 4.90 Å². The molecule has 1 unspecified atom stereocenters. The van der Waals surface area contributed by atoms with Gasteiger partial charge < -0.3 is 4.90 Å². The second-order valence-corrected chi connectivity index (χ2v) is 8.70. The van der Waals surface area contributed by atoms with E-state index < -0.39 is 0 Å². The molecule has 0 amide bonds.